The number of carbonyl (C=O) groups is 3. The second-order valence-electron chi connectivity index (χ2n) is 6.75. The Morgan fingerprint density at radius 3 is 2.61 bits per heavy atom. The average molecular weight is 380 g/mol. The summed E-state index contributed by atoms with van der Waals surface area (Å²) in [6.45, 7) is 1.39. The molecule has 6 heteroatoms. The van der Waals surface area contributed by atoms with Crippen molar-refractivity contribution in [2.75, 3.05) is 18.5 Å². The minimum Gasteiger partial charge on any atom is -0.452 e. The van der Waals surface area contributed by atoms with E-state index in [0.29, 0.717) is 5.56 Å². The first-order chi connectivity index (χ1) is 13.6. The molecule has 3 rings (SSSR count). The van der Waals surface area contributed by atoms with Crippen LogP contribution in [0.4, 0.5) is 5.69 Å². The predicted octanol–water partition coefficient (Wildman–Crippen LogP) is 2.65. The van der Waals surface area contributed by atoms with Crippen molar-refractivity contribution in [3.05, 3.63) is 64.7 Å². The highest BCUT2D eigenvalue weighted by molar-refractivity contribution is 5.96. The summed E-state index contributed by atoms with van der Waals surface area (Å²) in [6, 6.07) is 13.0. The Hall–Kier alpha value is -3.15. The van der Waals surface area contributed by atoms with Crippen molar-refractivity contribution in [1.82, 2.24) is 5.32 Å². The number of para-hydroxylation sites is 1. The Bertz CT molecular complexity index is 892. The van der Waals surface area contributed by atoms with Crippen LogP contribution in [0.1, 0.15) is 40.4 Å². The maximum absolute atomic E-state index is 12.1. The molecule has 0 aromatic heterocycles. The van der Waals surface area contributed by atoms with Gasteiger partial charge in [-0.15, -0.1) is 0 Å². The van der Waals surface area contributed by atoms with Crippen LogP contribution in [0.3, 0.4) is 0 Å². The quantitative estimate of drug-likeness (QED) is 0.723. The number of hydrogen-bond acceptors (Lipinski definition) is 4. The van der Waals surface area contributed by atoms with Crippen molar-refractivity contribution < 1.29 is 19.1 Å². The van der Waals surface area contributed by atoms with Gasteiger partial charge in [-0.1, -0.05) is 31.2 Å². The van der Waals surface area contributed by atoms with Crippen molar-refractivity contribution in [2.24, 2.45) is 0 Å². The van der Waals surface area contributed by atoms with Crippen molar-refractivity contribution in [1.29, 1.82) is 0 Å². The molecule has 1 aliphatic carbocycles. The SMILES string of the molecule is CCc1ccccc1NC(=O)CNC(=O)COC(=O)c1ccc2c(c1)CCC2. The van der Waals surface area contributed by atoms with Crippen LogP contribution in [0.25, 0.3) is 0 Å². The highest BCUT2D eigenvalue weighted by Crippen LogP contribution is 2.23. The molecule has 0 unspecified atom stereocenters. The molecule has 0 saturated heterocycles. The molecule has 2 N–H and O–H groups in total. The third-order valence-electron chi connectivity index (χ3n) is 4.79. The van der Waals surface area contributed by atoms with E-state index in [1.54, 1.807) is 6.07 Å². The van der Waals surface area contributed by atoms with Gasteiger partial charge in [-0.3, -0.25) is 9.59 Å². The Morgan fingerprint density at radius 1 is 1.00 bits per heavy atom. The van der Waals surface area contributed by atoms with Crippen LogP contribution in [0.2, 0.25) is 0 Å². The van der Waals surface area contributed by atoms with Crippen LogP contribution in [0, 0.1) is 0 Å². The normalized spacial score (nSPS) is 12.2. The number of esters is 1. The fraction of sp³-hybridized carbons (Fsp3) is 0.318. The number of fused-ring (bicyclic) bond motifs is 1. The summed E-state index contributed by atoms with van der Waals surface area (Å²) in [5.74, 6) is -1.39. The molecule has 0 heterocycles. The summed E-state index contributed by atoms with van der Waals surface area (Å²) in [5, 5.41) is 5.23. The Labute approximate surface area is 164 Å². The zero-order valence-corrected chi connectivity index (χ0v) is 15.9. The molecule has 0 atom stereocenters. The fourth-order valence-electron chi connectivity index (χ4n) is 3.29. The third-order valence-corrected chi connectivity index (χ3v) is 4.79. The first-order valence-corrected chi connectivity index (χ1v) is 9.50. The Balaban J connectivity index is 1.43. The highest BCUT2D eigenvalue weighted by atomic mass is 16.5. The van der Waals surface area contributed by atoms with Crippen LogP contribution in [-0.2, 0) is 33.6 Å². The van der Waals surface area contributed by atoms with E-state index in [0.717, 1.165) is 36.9 Å². The van der Waals surface area contributed by atoms with Gasteiger partial charge in [0.15, 0.2) is 6.61 Å². The highest BCUT2D eigenvalue weighted by Gasteiger charge is 2.16. The lowest BCUT2D eigenvalue weighted by molar-refractivity contribution is -0.126. The van der Waals surface area contributed by atoms with E-state index in [9.17, 15) is 14.4 Å². The van der Waals surface area contributed by atoms with Gasteiger partial charge in [-0.2, -0.15) is 0 Å². The van der Waals surface area contributed by atoms with Crippen LogP contribution in [-0.4, -0.2) is 30.9 Å². The Morgan fingerprint density at radius 2 is 1.79 bits per heavy atom. The van der Waals surface area contributed by atoms with E-state index in [-0.39, 0.29) is 12.5 Å². The fourth-order valence-corrected chi connectivity index (χ4v) is 3.29. The van der Waals surface area contributed by atoms with Gasteiger partial charge in [0.25, 0.3) is 5.91 Å². The second kappa shape index (κ2) is 9.17. The van der Waals surface area contributed by atoms with Crippen molar-refractivity contribution in [3.8, 4) is 0 Å². The molecule has 0 bridgehead atoms. The number of amides is 2. The smallest absolute Gasteiger partial charge is 0.338 e. The molecule has 2 aromatic rings. The Kier molecular flexibility index (Phi) is 6.42. The van der Waals surface area contributed by atoms with Crippen molar-refractivity contribution in [2.45, 2.75) is 32.6 Å². The number of benzene rings is 2. The lowest BCUT2D eigenvalue weighted by Crippen LogP contribution is -2.35. The molecule has 0 radical (unpaired) electrons. The van der Waals surface area contributed by atoms with Crippen LogP contribution < -0.4 is 10.6 Å². The first-order valence-electron chi connectivity index (χ1n) is 9.50. The zero-order chi connectivity index (χ0) is 19.9. The molecule has 2 aromatic carbocycles. The van der Waals surface area contributed by atoms with Crippen molar-refractivity contribution >= 4 is 23.5 Å². The zero-order valence-electron chi connectivity index (χ0n) is 15.9. The number of rotatable bonds is 7. The van der Waals surface area contributed by atoms with E-state index in [1.807, 2.05) is 43.3 Å². The molecule has 0 aliphatic heterocycles. The summed E-state index contributed by atoms with van der Waals surface area (Å²) in [6.07, 6.45) is 3.90. The van der Waals surface area contributed by atoms with Gasteiger partial charge in [0.05, 0.1) is 12.1 Å². The van der Waals surface area contributed by atoms with Gasteiger partial charge in [0.2, 0.25) is 5.91 Å². The number of aryl methyl sites for hydroxylation is 3. The lowest BCUT2D eigenvalue weighted by atomic mass is 10.1. The molecule has 0 saturated carbocycles. The van der Waals surface area contributed by atoms with Crippen molar-refractivity contribution in [3.63, 3.8) is 0 Å². The molecule has 2 amide bonds. The summed E-state index contributed by atoms with van der Waals surface area (Å²) >= 11 is 0. The topological polar surface area (TPSA) is 84.5 Å². The van der Waals surface area contributed by atoms with Gasteiger partial charge < -0.3 is 15.4 Å². The van der Waals surface area contributed by atoms with E-state index >= 15 is 0 Å². The van der Waals surface area contributed by atoms with E-state index in [2.05, 4.69) is 10.6 Å². The van der Waals surface area contributed by atoms with Gasteiger partial charge in [-0.25, -0.2) is 4.79 Å². The first kappa shape index (κ1) is 19.6. The van der Waals surface area contributed by atoms with Gasteiger partial charge in [0, 0.05) is 5.69 Å². The lowest BCUT2D eigenvalue weighted by Gasteiger charge is -2.10. The maximum atomic E-state index is 12.1. The molecule has 146 valence electrons. The minimum absolute atomic E-state index is 0.187. The van der Waals surface area contributed by atoms with Gasteiger partial charge in [0.1, 0.15) is 0 Å². The molecule has 6 nitrogen and oxygen atoms in total. The maximum Gasteiger partial charge on any atom is 0.338 e. The molecule has 28 heavy (non-hydrogen) atoms. The van der Waals surface area contributed by atoms with E-state index < -0.39 is 18.5 Å². The summed E-state index contributed by atoms with van der Waals surface area (Å²) in [4.78, 5) is 36.0. The largest absolute Gasteiger partial charge is 0.452 e. The monoisotopic (exact) mass is 380 g/mol. The number of ether oxygens (including phenoxy) is 1. The number of anilines is 1. The molecule has 1 aliphatic rings. The number of carbonyl (C=O) groups excluding carboxylic acids is 3. The molecular formula is C22H24N2O4. The molecule has 0 fully saturated rings. The van der Waals surface area contributed by atoms with Crippen LogP contribution in [0.5, 0.6) is 0 Å². The molecule has 0 spiro atoms. The summed E-state index contributed by atoms with van der Waals surface area (Å²) in [7, 11) is 0. The van der Waals surface area contributed by atoms with E-state index in [1.165, 1.54) is 11.1 Å². The predicted molar refractivity (Wildman–Crippen MR) is 106 cm³/mol. The summed E-state index contributed by atoms with van der Waals surface area (Å²) in [5.41, 5.74) is 4.63. The number of nitrogens with one attached hydrogen (secondary N) is 2. The standard InChI is InChI=1S/C22H24N2O4/c1-2-15-6-3-4-9-19(15)24-20(25)13-23-21(26)14-28-22(27)18-11-10-16-7-5-8-17(16)12-18/h3-4,6,9-12H,2,5,7-8,13-14H2,1H3,(H,23,26)(H,24,25). The van der Waals surface area contributed by atoms with Gasteiger partial charge in [-0.05, 0) is 60.6 Å². The second-order valence-corrected chi connectivity index (χ2v) is 6.75. The van der Waals surface area contributed by atoms with Crippen LogP contribution >= 0.6 is 0 Å². The third kappa shape index (κ3) is 4.97. The summed E-state index contributed by atoms with van der Waals surface area (Å²) < 4.78 is 5.05. The minimum atomic E-state index is -0.536. The number of hydrogen-bond donors (Lipinski definition) is 2. The van der Waals surface area contributed by atoms with Gasteiger partial charge >= 0.3 is 5.97 Å². The molecular weight excluding hydrogens is 356 g/mol. The van der Waals surface area contributed by atoms with Crippen LogP contribution in [0.15, 0.2) is 42.5 Å². The average Bonchev–Trinajstić information content (AvgIpc) is 3.18. The van der Waals surface area contributed by atoms with E-state index in [4.69, 9.17) is 4.74 Å².